The summed E-state index contributed by atoms with van der Waals surface area (Å²) < 4.78 is 41.0. The molecule has 0 spiro atoms. The van der Waals surface area contributed by atoms with Crippen molar-refractivity contribution in [3.8, 4) is 0 Å². The molecule has 1 heterocycles. The number of ether oxygens (including phenoxy) is 1. The molecule has 1 aliphatic heterocycles. The molecule has 1 aliphatic rings. The van der Waals surface area contributed by atoms with Gasteiger partial charge in [0.15, 0.2) is 0 Å². The third-order valence-electron chi connectivity index (χ3n) is 2.63. The standard InChI is InChI=1S/C9H16F3NO/c1-6-3-5-14-8(6)7(13)2-4-9(10,11)12/h6-8H,2-5,13H2,1H3. The lowest BCUT2D eigenvalue weighted by Crippen LogP contribution is -2.38. The molecular weight excluding hydrogens is 195 g/mol. The molecule has 1 rings (SSSR count). The van der Waals surface area contributed by atoms with Gasteiger partial charge in [-0.05, 0) is 18.8 Å². The topological polar surface area (TPSA) is 35.2 Å². The van der Waals surface area contributed by atoms with Crippen LogP contribution in [0.15, 0.2) is 0 Å². The fraction of sp³-hybridized carbons (Fsp3) is 1.00. The van der Waals surface area contributed by atoms with Crippen molar-refractivity contribution in [2.45, 2.75) is 44.5 Å². The zero-order chi connectivity index (χ0) is 10.8. The first-order valence-electron chi connectivity index (χ1n) is 4.84. The van der Waals surface area contributed by atoms with Crippen LogP contribution in [-0.4, -0.2) is 24.9 Å². The van der Waals surface area contributed by atoms with Crippen LogP contribution in [0.1, 0.15) is 26.2 Å². The molecule has 1 fully saturated rings. The highest BCUT2D eigenvalue weighted by atomic mass is 19.4. The van der Waals surface area contributed by atoms with Crippen LogP contribution >= 0.6 is 0 Å². The van der Waals surface area contributed by atoms with Gasteiger partial charge in [-0.2, -0.15) is 13.2 Å². The molecule has 14 heavy (non-hydrogen) atoms. The number of alkyl halides is 3. The summed E-state index contributed by atoms with van der Waals surface area (Å²) in [6.07, 6.45) is -4.28. The minimum absolute atomic E-state index is 0.0431. The Labute approximate surface area is 81.6 Å². The molecule has 0 saturated carbocycles. The van der Waals surface area contributed by atoms with Crippen LogP contribution < -0.4 is 5.73 Å². The molecule has 84 valence electrons. The predicted octanol–water partition coefficient (Wildman–Crippen LogP) is 2.08. The maximum absolute atomic E-state index is 11.9. The average molecular weight is 211 g/mol. The van der Waals surface area contributed by atoms with Gasteiger partial charge in [0.1, 0.15) is 0 Å². The number of nitrogens with two attached hydrogens (primary N) is 1. The molecule has 0 radical (unpaired) electrons. The second-order valence-electron chi connectivity index (χ2n) is 3.92. The lowest BCUT2D eigenvalue weighted by Gasteiger charge is -2.22. The van der Waals surface area contributed by atoms with Crippen molar-refractivity contribution in [2.24, 2.45) is 11.7 Å². The largest absolute Gasteiger partial charge is 0.389 e. The van der Waals surface area contributed by atoms with Crippen molar-refractivity contribution in [3.63, 3.8) is 0 Å². The van der Waals surface area contributed by atoms with Gasteiger partial charge >= 0.3 is 6.18 Å². The van der Waals surface area contributed by atoms with Gasteiger partial charge in [-0.3, -0.25) is 0 Å². The minimum Gasteiger partial charge on any atom is -0.376 e. The van der Waals surface area contributed by atoms with Gasteiger partial charge in [-0.25, -0.2) is 0 Å². The van der Waals surface area contributed by atoms with Crippen molar-refractivity contribution in [1.29, 1.82) is 0 Å². The molecule has 2 N–H and O–H groups in total. The Morgan fingerprint density at radius 1 is 1.50 bits per heavy atom. The molecule has 3 atom stereocenters. The van der Waals surface area contributed by atoms with E-state index in [0.717, 1.165) is 6.42 Å². The van der Waals surface area contributed by atoms with E-state index in [9.17, 15) is 13.2 Å². The van der Waals surface area contributed by atoms with Crippen molar-refractivity contribution >= 4 is 0 Å². The molecule has 1 saturated heterocycles. The van der Waals surface area contributed by atoms with Crippen molar-refractivity contribution < 1.29 is 17.9 Å². The summed E-state index contributed by atoms with van der Waals surface area (Å²) in [5, 5.41) is 0. The van der Waals surface area contributed by atoms with E-state index >= 15 is 0 Å². The summed E-state index contributed by atoms with van der Waals surface area (Å²) in [6.45, 7) is 2.58. The Morgan fingerprint density at radius 2 is 2.14 bits per heavy atom. The zero-order valence-electron chi connectivity index (χ0n) is 8.18. The summed E-state index contributed by atoms with van der Waals surface area (Å²) in [5.41, 5.74) is 5.65. The van der Waals surface area contributed by atoms with E-state index in [0.29, 0.717) is 6.61 Å². The molecule has 2 nitrogen and oxygen atoms in total. The quantitative estimate of drug-likeness (QED) is 0.775. The van der Waals surface area contributed by atoms with E-state index in [1.54, 1.807) is 0 Å². The third kappa shape index (κ3) is 3.46. The van der Waals surface area contributed by atoms with E-state index in [4.69, 9.17) is 10.5 Å². The summed E-state index contributed by atoms with van der Waals surface area (Å²) in [7, 11) is 0. The highest BCUT2D eigenvalue weighted by molar-refractivity contribution is 4.82. The Bertz CT molecular complexity index is 183. The monoisotopic (exact) mass is 211 g/mol. The van der Waals surface area contributed by atoms with Crippen LogP contribution in [-0.2, 0) is 4.74 Å². The van der Waals surface area contributed by atoms with E-state index in [2.05, 4.69) is 0 Å². The molecule has 0 amide bonds. The second-order valence-corrected chi connectivity index (χ2v) is 3.92. The van der Waals surface area contributed by atoms with Crippen LogP contribution in [0, 0.1) is 5.92 Å². The Kier molecular flexibility index (Phi) is 3.78. The van der Waals surface area contributed by atoms with Gasteiger partial charge in [0.05, 0.1) is 6.10 Å². The normalized spacial score (nSPS) is 30.6. The molecule has 0 aromatic carbocycles. The first kappa shape index (κ1) is 11.8. The van der Waals surface area contributed by atoms with Crippen LogP contribution in [0.2, 0.25) is 0 Å². The molecule has 3 unspecified atom stereocenters. The van der Waals surface area contributed by atoms with Gasteiger partial charge in [0.25, 0.3) is 0 Å². The van der Waals surface area contributed by atoms with Gasteiger partial charge < -0.3 is 10.5 Å². The summed E-state index contributed by atoms with van der Waals surface area (Å²) in [5.74, 6) is 0.276. The van der Waals surface area contributed by atoms with Gasteiger partial charge in [-0.1, -0.05) is 6.92 Å². The van der Waals surface area contributed by atoms with E-state index in [1.807, 2.05) is 6.92 Å². The van der Waals surface area contributed by atoms with Gasteiger partial charge in [0, 0.05) is 19.1 Å². The number of hydrogen-bond donors (Lipinski definition) is 1. The smallest absolute Gasteiger partial charge is 0.376 e. The Hall–Kier alpha value is -0.290. The Morgan fingerprint density at radius 3 is 2.57 bits per heavy atom. The zero-order valence-corrected chi connectivity index (χ0v) is 8.18. The number of halogens is 3. The maximum atomic E-state index is 11.9. The van der Waals surface area contributed by atoms with Crippen molar-refractivity contribution in [3.05, 3.63) is 0 Å². The fourth-order valence-electron chi connectivity index (χ4n) is 1.76. The van der Waals surface area contributed by atoms with Crippen LogP contribution in [0.25, 0.3) is 0 Å². The third-order valence-corrected chi connectivity index (χ3v) is 2.63. The first-order valence-corrected chi connectivity index (χ1v) is 4.84. The fourth-order valence-corrected chi connectivity index (χ4v) is 1.76. The van der Waals surface area contributed by atoms with Crippen molar-refractivity contribution in [2.75, 3.05) is 6.61 Å². The van der Waals surface area contributed by atoms with Crippen LogP contribution in [0.5, 0.6) is 0 Å². The molecule has 5 heteroatoms. The van der Waals surface area contributed by atoms with Gasteiger partial charge in [-0.15, -0.1) is 0 Å². The van der Waals surface area contributed by atoms with Crippen LogP contribution in [0.3, 0.4) is 0 Å². The van der Waals surface area contributed by atoms with Crippen LogP contribution in [0.4, 0.5) is 13.2 Å². The lowest BCUT2D eigenvalue weighted by atomic mass is 9.95. The maximum Gasteiger partial charge on any atom is 0.389 e. The molecule has 0 aromatic rings. The number of rotatable bonds is 3. The van der Waals surface area contributed by atoms with E-state index < -0.39 is 18.6 Å². The highest BCUT2D eigenvalue weighted by Crippen LogP contribution is 2.27. The number of hydrogen-bond acceptors (Lipinski definition) is 2. The molecule has 0 bridgehead atoms. The second kappa shape index (κ2) is 4.49. The SMILES string of the molecule is CC1CCOC1C(N)CCC(F)(F)F. The molecular formula is C9H16F3NO. The molecule has 0 aliphatic carbocycles. The average Bonchev–Trinajstić information content (AvgIpc) is 2.46. The lowest BCUT2D eigenvalue weighted by molar-refractivity contribution is -0.137. The minimum atomic E-state index is -4.11. The predicted molar refractivity (Wildman–Crippen MR) is 46.8 cm³/mol. The van der Waals surface area contributed by atoms with E-state index in [1.165, 1.54) is 0 Å². The van der Waals surface area contributed by atoms with E-state index in [-0.39, 0.29) is 18.4 Å². The summed E-state index contributed by atoms with van der Waals surface area (Å²) in [4.78, 5) is 0. The first-order chi connectivity index (χ1) is 6.40. The highest BCUT2D eigenvalue weighted by Gasteiger charge is 2.33. The van der Waals surface area contributed by atoms with Crippen molar-refractivity contribution in [1.82, 2.24) is 0 Å². The van der Waals surface area contributed by atoms with Gasteiger partial charge in [0.2, 0.25) is 0 Å². The molecule has 0 aromatic heterocycles. The summed E-state index contributed by atoms with van der Waals surface area (Å²) >= 11 is 0. The Balaban J connectivity index is 2.31. The summed E-state index contributed by atoms with van der Waals surface area (Å²) in [6, 6.07) is -0.492.